The van der Waals surface area contributed by atoms with Crippen LogP contribution in [0.15, 0.2) is 139 Å². The summed E-state index contributed by atoms with van der Waals surface area (Å²) >= 11 is 0. The Balaban J connectivity index is 1.30. The maximum absolute atomic E-state index is 9.26. The number of aromatic nitrogens is 3. The second-order valence-electron chi connectivity index (χ2n) is 10.7. The van der Waals surface area contributed by atoms with Crippen LogP contribution in [-0.4, -0.2) is 15.0 Å². The number of nitrogens with zero attached hydrogens (tertiary/aromatic N) is 4. The summed E-state index contributed by atoms with van der Waals surface area (Å²) in [6.45, 7) is 0. The molecule has 0 saturated heterocycles. The lowest BCUT2D eigenvalue weighted by atomic mass is 9.83. The van der Waals surface area contributed by atoms with Gasteiger partial charge in [-0.05, 0) is 40.8 Å². The molecule has 0 aliphatic heterocycles. The van der Waals surface area contributed by atoms with Crippen molar-refractivity contribution in [3.63, 3.8) is 0 Å². The molecule has 0 N–H and O–H groups in total. The molecule has 0 spiro atoms. The van der Waals surface area contributed by atoms with Crippen molar-refractivity contribution < 1.29 is 0 Å². The lowest BCUT2D eigenvalue weighted by molar-refractivity contribution is 0.852. The SMILES string of the molecule is N#CC1=CCC(c2cccc3c(C4C=C(c5nc(-c6ccccc6)nc(-c6ccccc6)n5)C=CC4)cccc23)C=C1. The van der Waals surface area contributed by atoms with Gasteiger partial charge in [-0.25, -0.2) is 15.0 Å². The molecule has 42 heavy (non-hydrogen) atoms. The van der Waals surface area contributed by atoms with Gasteiger partial charge in [-0.2, -0.15) is 5.26 Å². The van der Waals surface area contributed by atoms with Crippen LogP contribution in [0.3, 0.4) is 0 Å². The minimum absolute atomic E-state index is 0.188. The first-order chi connectivity index (χ1) is 20.8. The highest BCUT2D eigenvalue weighted by molar-refractivity contribution is 5.90. The fourth-order valence-corrected chi connectivity index (χ4v) is 5.92. The molecule has 2 unspecified atom stereocenters. The maximum Gasteiger partial charge on any atom is 0.164 e. The minimum atomic E-state index is 0.188. The highest BCUT2D eigenvalue weighted by atomic mass is 15.0. The molecule has 4 nitrogen and oxygen atoms in total. The van der Waals surface area contributed by atoms with Crippen molar-refractivity contribution in [2.75, 3.05) is 0 Å². The molecule has 0 bridgehead atoms. The topological polar surface area (TPSA) is 62.5 Å². The third-order valence-corrected chi connectivity index (χ3v) is 8.04. The summed E-state index contributed by atoms with van der Waals surface area (Å²) in [7, 11) is 0. The van der Waals surface area contributed by atoms with E-state index in [1.807, 2.05) is 72.8 Å². The molecular weight excluding hydrogens is 512 g/mol. The van der Waals surface area contributed by atoms with Crippen LogP contribution in [0, 0.1) is 11.3 Å². The van der Waals surface area contributed by atoms with Gasteiger partial charge in [0.2, 0.25) is 0 Å². The third kappa shape index (κ3) is 4.98. The van der Waals surface area contributed by atoms with E-state index in [1.54, 1.807) is 0 Å². The van der Waals surface area contributed by atoms with Crippen LogP contribution in [0.5, 0.6) is 0 Å². The fourth-order valence-electron chi connectivity index (χ4n) is 5.92. The summed E-state index contributed by atoms with van der Waals surface area (Å²) in [5, 5.41) is 11.8. The highest BCUT2D eigenvalue weighted by Crippen LogP contribution is 2.38. The van der Waals surface area contributed by atoms with Gasteiger partial charge in [-0.1, -0.05) is 127 Å². The summed E-state index contributed by atoms with van der Waals surface area (Å²) in [6, 6.07) is 35.7. The first-order valence-corrected chi connectivity index (χ1v) is 14.3. The van der Waals surface area contributed by atoms with E-state index in [9.17, 15) is 5.26 Å². The molecule has 0 amide bonds. The molecule has 4 heteroatoms. The van der Waals surface area contributed by atoms with Gasteiger partial charge in [-0.3, -0.25) is 0 Å². The highest BCUT2D eigenvalue weighted by Gasteiger charge is 2.20. The molecule has 200 valence electrons. The van der Waals surface area contributed by atoms with E-state index in [-0.39, 0.29) is 11.8 Å². The Bertz CT molecular complexity index is 1880. The van der Waals surface area contributed by atoms with Gasteiger partial charge in [0.15, 0.2) is 17.5 Å². The van der Waals surface area contributed by atoms with E-state index in [0.717, 1.165) is 35.1 Å². The van der Waals surface area contributed by atoms with E-state index in [1.165, 1.54) is 21.9 Å². The van der Waals surface area contributed by atoms with Gasteiger partial charge >= 0.3 is 0 Å². The van der Waals surface area contributed by atoms with E-state index in [2.05, 4.69) is 66.8 Å². The molecule has 2 aliphatic rings. The summed E-state index contributed by atoms with van der Waals surface area (Å²) in [5.41, 5.74) is 6.26. The molecule has 4 aromatic carbocycles. The van der Waals surface area contributed by atoms with Crippen molar-refractivity contribution in [2.24, 2.45) is 0 Å². The lowest BCUT2D eigenvalue weighted by Crippen LogP contribution is -2.06. The number of benzene rings is 4. The normalized spacial score (nSPS) is 17.9. The molecular formula is C38H28N4. The van der Waals surface area contributed by atoms with Gasteiger partial charge < -0.3 is 0 Å². The zero-order valence-corrected chi connectivity index (χ0v) is 23.1. The maximum atomic E-state index is 9.26. The van der Waals surface area contributed by atoms with E-state index in [0.29, 0.717) is 17.5 Å². The zero-order valence-electron chi connectivity index (χ0n) is 23.1. The molecule has 0 saturated carbocycles. The summed E-state index contributed by atoms with van der Waals surface area (Å²) in [4.78, 5) is 14.8. The summed E-state index contributed by atoms with van der Waals surface area (Å²) in [5.74, 6) is 2.46. The number of allylic oxidation sites excluding steroid dienone is 8. The van der Waals surface area contributed by atoms with Crippen LogP contribution >= 0.6 is 0 Å². The van der Waals surface area contributed by atoms with Crippen LogP contribution in [0.25, 0.3) is 39.1 Å². The van der Waals surface area contributed by atoms with Gasteiger partial charge in [0.25, 0.3) is 0 Å². The van der Waals surface area contributed by atoms with Crippen molar-refractivity contribution in [1.82, 2.24) is 15.0 Å². The first-order valence-electron chi connectivity index (χ1n) is 14.3. The van der Waals surface area contributed by atoms with Crippen molar-refractivity contribution in [3.05, 3.63) is 156 Å². The number of rotatable bonds is 5. The largest absolute Gasteiger partial charge is 0.208 e. The zero-order chi connectivity index (χ0) is 28.3. The molecule has 1 heterocycles. The number of hydrogen-bond acceptors (Lipinski definition) is 4. The van der Waals surface area contributed by atoms with Gasteiger partial charge in [0, 0.05) is 34.1 Å². The monoisotopic (exact) mass is 540 g/mol. The smallest absolute Gasteiger partial charge is 0.164 e. The Kier molecular flexibility index (Phi) is 6.84. The summed E-state index contributed by atoms with van der Waals surface area (Å²) < 4.78 is 0. The van der Waals surface area contributed by atoms with Gasteiger partial charge in [-0.15, -0.1) is 0 Å². The standard InChI is InChI=1S/C38H28N4/c39-25-26-20-22-27(23-21-26)32-16-8-19-35-33(17-9-18-34(32)35)30-14-7-15-31(24-30)38-41-36(28-10-3-1-4-11-28)40-37(42-38)29-12-5-2-6-13-29/h1-13,15-22,24,27,30H,14,23H2. The lowest BCUT2D eigenvalue weighted by Gasteiger charge is -2.22. The van der Waals surface area contributed by atoms with Crippen LogP contribution in [0.1, 0.15) is 41.6 Å². The molecule has 2 aliphatic carbocycles. The number of hydrogen-bond donors (Lipinski definition) is 0. The Morgan fingerprint density at radius 2 is 1.19 bits per heavy atom. The summed E-state index contributed by atoms with van der Waals surface area (Å²) in [6.07, 6.45) is 14.6. The predicted octanol–water partition coefficient (Wildman–Crippen LogP) is 8.98. The average Bonchev–Trinajstić information content (AvgIpc) is 3.08. The number of fused-ring (bicyclic) bond motifs is 1. The quantitative estimate of drug-likeness (QED) is 0.223. The molecule has 2 atom stereocenters. The Hall–Kier alpha value is -5.40. The third-order valence-electron chi connectivity index (χ3n) is 8.04. The fraction of sp³-hybridized carbons (Fsp3) is 0.105. The number of nitriles is 1. The predicted molar refractivity (Wildman–Crippen MR) is 169 cm³/mol. The molecule has 5 aromatic rings. The van der Waals surface area contributed by atoms with Gasteiger partial charge in [0.1, 0.15) is 0 Å². The Morgan fingerprint density at radius 1 is 0.595 bits per heavy atom. The molecule has 0 fully saturated rings. The van der Waals surface area contributed by atoms with Gasteiger partial charge in [0.05, 0.1) is 6.07 Å². The van der Waals surface area contributed by atoms with E-state index < -0.39 is 0 Å². The Labute approximate surface area is 245 Å². The second-order valence-corrected chi connectivity index (χ2v) is 10.7. The van der Waals surface area contributed by atoms with Crippen LogP contribution in [0.2, 0.25) is 0 Å². The molecule has 0 radical (unpaired) electrons. The second kappa shape index (κ2) is 11.2. The van der Waals surface area contributed by atoms with Crippen LogP contribution in [0.4, 0.5) is 0 Å². The Morgan fingerprint density at radius 3 is 1.76 bits per heavy atom. The minimum Gasteiger partial charge on any atom is -0.208 e. The average molecular weight is 541 g/mol. The van der Waals surface area contributed by atoms with Crippen molar-refractivity contribution in [3.8, 4) is 28.8 Å². The molecule has 7 rings (SSSR count). The van der Waals surface area contributed by atoms with Crippen molar-refractivity contribution in [2.45, 2.75) is 24.7 Å². The van der Waals surface area contributed by atoms with Crippen LogP contribution < -0.4 is 0 Å². The van der Waals surface area contributed by atoms with Crippen molar-refractivity contribution in [1.29, 1.82) is 5.26 Å². The van der Waals surface area contributed by atoms with Crippen molar-refractivity contribution >= 4 is 16.3 Å². The van der Waals surface area contributed by atoms with Crippen LogP contribution in [-0.2, 0) is 0 Å². The van der Waals surface area contributed by atoms with E-state index in [4.69, 9.17) is 15.0 Å². The van der Waals surface area contributed by atoms with E-state index >= 15 is 0 Å². The first kappa shape index (κ1) is 25.6. The molecule has 1 aromatic heterocycles.